The average Bonchev–Trinajstić information content (AvgIpc) is 1.96. The van der Waals surface area contributed by atoms with Gasteiger partial charge in [-0.1, -0.05) is 13.8 Å². The molecule has 0 fully saturated rings. The summed E-state index contributed by atoms with van der Waals surface area (Å²) in [6.07, 6.45) is 0. The normalized spacial score (nSPS) is 12.9. The lowest BCUT2D eigenvalue weighted by Crippen LogP contribution is -2.47. The molecule has 0 aliphatic carbocycles. The van der Waals surface area contributed by atoms with Crippen molar-refractivity contribution in [2.75, 3.05) is 33.4 Å². The lowest BCUT2D eigenvalue weighted by Gasteiger charge is -2.30. The highest BCUT2D eigenvalue weighted by molar-refractivity contribution is 4.77. The first-order valence-corrected chi connectivity index (χ1v) is 5.35. The van der Waals surface area contributed by atoms with E-state index in [2.05, 4.69) is 32.6 Å². The first-order chi connectivity index (χ1) is 6.35. The number of ether oxygens (including phenoxy) is 1. The maximum Gasteiger partial charge on any atom is 0.0589 e. The van der Waals surface area contributed by atoms with Gasteiger partial charge in [-0.15, -0.1) is 0 Å². The molecule has 0 spiro atoms. The summed E-state index contributed by atoms with van der Waals surface area (Å²) in [6, 6.07) is 0. The van der Waals surface area contributed by atoms with Crippen LogP contribution in [0.4, 0.5) is 0 Å². The average molecular weight is 202 g/mol. The Morgan fingerprint density at radius 2 is 1.93 bits per heavy atom. The van der Waals surface area contributed by atoms with E-state index >= 15 is 0 Å². The van der Waals surface area contributed by atoms with Crippen LogP contribution in [0, 0.1) is 5.92 Å². The summed E-state index contributed by atoms with van der Waals surface area (Å²) < 4.78 is 5.09. The van der Waals surface area contributed by atoms with Gasteiger partial charge < -0.3 is 10.5 Å². The van der Waals surface area contributed by atoms with Gasteiger partial charge in [0.05, 0.1) is 6.61 Å². The molecule has 0 saturated heterocycles. The Hall–Kier alpha value is -0.120. The van der Waals surface area contributed by atoms with Crippen molar-refractivity contribution in [1.82, 2.24) is 4.90 Å². The van der Waals surface area contributed by atoms with Crippen LogP contribution in [0.1, 0.15) is 27.7 Å². The van der Waals surface area contributed by atoms with Crippen molar-refractivity contribution in [1.29, 1.82) is 0 Å². The van der Waals surface area contributed by atoms with Crippen LogP contribution < -0.4 is 5.73 Å². The van der Waals surface area contributed by atoms with Gasteiger partial charge in [0.1, 0.15) is 0 Å². The molecule has 0 atom stereocenters. The standard InChI is InChI=1S/C11H26N2O/c1-10(2)8-13(6-7-14-5)9-11(3,4)12/h10H,6-9,12H2,1-5H3. The second kappa shape index (κ2) is 6.38. The van der Waals surface area contributed by atoms with Gasteiger partial charge in [0.2, 0.25) is 0 Å². The molecule has 2 N–H and O–H groups in total. The van der Waals surface area contributed by atoms with Crippen molar-refractivity contribution in [3.8, 4) is 0 Å². The van der Waals surface area contributed by atoms with Gasteiger partial charge >= 0.3 is 0 Å². The first-order valence-electron chi connectivity index (χ1n) is 5.35. The highest BCUT2D eigenvalue weighted by Gasteiger charge is 2.17. The number of hydrogen-bond acceptors (Lipinski definition) is 3. The largest absolute Gasteiger partial charge is 0.383 e. The van der Waals surface area contributed by atoms with E-state index in [0.717, 1.165) is 26.2 Å². The molecule has 3 heteroatoms. The van der Waals surface area contributed by atoms with Crippen LogP contribution in [0.5, 0.6) is 0 Å². The topological polar surface area (TPSA) is 38.5 Å². The first kappa shape index (κ1) is 13.9. The SMILES string of the molecule is COCCN(CC(C)C)CC(C)(C)N. The van der Waals surface area contributed by atoms with Crippen LogP contribution in [0.2, 0.25) is 0 Å². The summed E-state index contributed by atoms with van der Waals surface area (Å²) in [4.78, 5) is 2.37. The van der Waals surface area contributed by atoms with E-state index in [1.165, 1.54) is 0 Å². The molecule has 0 heterocycles. The van der Waals surface area contributed by atoms with E-state index in [1.807, 2.05) is 0 Å². The quantitative estimate of drug-likeness (QED) is 0.677. The minimum absolute atomic E-state index is 0.122. The number of nitrogens with zero attached hydrogens (tertiary/aromatic N) is 1. The molecule has 0 aromatic carbocycles. The van der Waals surface area contributed by atoms with Crippen LogP contribution in [-0.4, -0.2) is 43.8 Å². The zero-order valence-electron chi connectivity index (χ0n) is 10.3. The molecule has 0 aromatic rings. The summed E-state index contributed by atoms with van der Waals surface area (Å²) in [5.74, 6) is 0.675. The molecule has 0 amide bonds. The molecule has 86 valence electrons. The van der Waals surface area contributed by atoms with Crippen LogP contribution >= 0.6 is 0 Å². The summed E-state index contributed by atoms with van der Waals surface area (Å²) in [7, 11) is 1.74. The van der Waals surface area contributed by atoms with E-state index in [4.69, 9.17) is 10.5 Å². The van der Waals surface area contributed by atoms with Gasteiger partial charge in [0.15, 0.2) is 0 Å². The van der Waals surface area contributed by atoms with Gasteiger partial charge in [-0.3, -0.25) is 4.90 Å². The maximum absolute atomic E-state index is 6.00. The van der Waals surface area contributed by atoms with Gasteiger partial charge in [-0.25, -0.2) is 0 Å². The number of rotatable bonds is 7. The van der Waals surface area contributed by atoms with Crippen LogP contribution in [0.25, 0.3) is 0 Å². The molecule has 0 rings (SSSR count). The lowest BCUT2D eigenvalue weighted by atomic mass is 10.1. The van der Waals surface area contributed by atoms with Crippen LogP contribution in [-0.2, 0) is 4.74 Å². The second-order valence-corrected chi connectivity index (χ2v) is 5.11. The Balaban J connectivity index is 3.97. The molecule has 0 unspecified atom stereocenters. The smallest absolute Gasteiger partial charge is 0.0589 e. The van der Waals surface area contributed by atoms with Crippen molar-refractivity contribution in [2.45, 2.75) is 33.2 Å². The Bertz CT molecular complexity index is 141. The summed E-state index contributed by atoms with van der Waals surface area (Å²) in [5, 5.41) is 0. The molecule has 3 nitrogen and oxygen atoms in total. The van der Waals surface area contributed by atoms with E-state index in [-0.39, 0.29) is 5.54 Å². The van der Waals surface area contributed by atoms with E-state index in [9.17, 15) is 0 Å². The number of hydrogen-bond donors (Lipinski definition) is 1. The summed E-state index contributed by atoms with van der Waals surface area (Å²) in [6.45, 7) is 12.3. The molecule has 0 aliphatic rings. The van der Waals surface area contributed by atoms with Crippen molar-refractivity contribution < 1.29 is 4.74 Å². The number of nitrogens with two attached hydrogens (primary N) is 1. The molecule has 14 heavy (non-hydrogen) atoms. The zero-order valence-corrected chi connectivity index (χ0v) is 10.3. The highest BCUT2D eigenvalue weighted by Crippen LogP contribution is 2.05. The molecule has 0 radical (unpaired) electrons. The minimum atomic E-state index is -0.122. The molecule has 0 bridgehead atoms. The van der Waals surface area contributed by atoms with Crippen LogP contribution in [0.3, 0.4) is 0 Å². The predicted octanol–water partition coefficient (Wildman–Crippen LogP) is 1.33. The second-order valence-electron chi connectivity index (χ2n) is 5.11. The Morgan fingerprint density at radius 3 is 2.29 bits per heavy atom. The Kier molecular flexibility index (Phi) is 6.33. The van der Waals surface area contributed by atoms with Gasteiger partial charge in [0.25, 0.3) is 0 Å². The lowest BCUT2D eigenvalue weighted by molar-refractivity contribution is 0.127. The number of methoxy groups -OCH3 is 1. The molecular formula is C11H26N2O. The molecular weight excluding hydrogens is 176 g/mol. The Labute approximate surface area is 88.6 Å². The minimum Gasteiger partial charge on any atom is -0.383 e. The van der Waals surface area contributed by atoms with Crippen molar-refractivity contribution in [3.05, 3.63) is 0 Å². The summed E-state index contributed by atoms with van der Waals surface area (Å²) in [5.41, 5.74) is 5.88. The predicted molar refractivity (Wildman–Crippen MR) is 61.4 cm³/mol. The van der Waals surface area contributed by atoms with E-state index in [0.29, 0.717) is 5.92 Å². The fourth-order valence-electron chi connectivity index (χ4n) is 1.55. The highest BCUT2D eigenvalue weighted by atomic mass is 16.5. The van der Waals surface area contributed by atoms with Crippen molar-refractivity contribution in [3.63, 3.8) is 0 Å². The van der Waals surface area contributed by atoms with Crippen molar-refractivity contribution in [2.24, 2.45) is 11.7 Å². The fraction of sp³-hybridized carbons (Fsp3) is 1.00. The monoisotopic (exact) mass is 202 g/mol. The molecule has 0 saturated carbocycles. The van der Waals surface area contributed by atoms with Crippen LogP contribution in [0.15, 0.2) is 0 Å². The fourth-order valence-corrected chi connectivity index (χ4v) is 1.55. The Morgan fingerprint density at radius 1 is 1.36 bits per heavy atom. The summed E-state index contributed by atoms with van der Waals surface area (Å²) >= 11 is 0. The maximum atomic E-state index is 6.00. The van der Waals surface area contributed by atoms with Gasteiger partial charge in [-0.05, 0) is 19.8 Å². The molecule has 0 aromatic heterocycles. The zero-order chi connectivity index (χ0) is 11.2. The third kappa shape index (κ3) is 8.48. The third-order valence-corrected chi connectivity index (χ3v) is 1.87. The van der Waals surface area contributed by atoms with Crippen molar-refractivity contribution >= 4 is 0 Å². The van der Waals surface area contributed by atoms with Gasteiger partial charge in [0, 0.05) is 32.3 Å². The van der Waals surface area contributed by atoms with E-state index in [1.54, 1.807) is 7.11 Å². The molecule has 0 aliphatic heterocycles. The van der Waals surface area contributed by atoms with E-state index < -0.39 is 0 Å². The van der Waals surface area contributed by atoms with Gasteiger partial charge in [-0.2, -0.15) is 0 Å². The third-order valence-electron chi connectivity index (χ3n) is 1.87.